The topological polar surface area (TPSA) is 83.3 Å². The Hall–Kier alpha value is -1.37. The molecule has 20 heavy (non-hydrogen) atoms. The quantitative estimate of drug-likeness (QED) is 0.562. The van der Waals surface area contributed by atoms with Crippen LogP contribution in [0.25, 0.3) is 0 Å². The lowest BCUT2D eigenvalue weighted by atomic mass is 10.2. The van der Waals surface area contributed by atoms with E-state index in [2.05, 4.69) is 27.6 Å². The van der Waals surface area contributed by atoms with Crippen molar-refractivity contribution in [3.05, 3.63) is 22.8 Å². The van der Waals surface area contributed by atoms with Crippen LogP contribution in [0.3, 0.4) is 0 Å². The van der Waals surface area contributed by atoms with Crippen molar-refractivity contribution in [1.29, 1.82) is 0 Å². The van der Waals surface area contributed by atoms with Gasteiger partial charge in [-0.2, -0.15) is 0 Å². The van der Waals surface area contributed by atoms with Gasteiger partial charge in [-0.25, -0.2) is 10.8 Å². The number of pyridine rings is 1. The average molecular weight is 298 g/mol. The van der Waals surface area contributed by atoms with Crippen molar-refractivity contribution >= 4 is 23.3 Å². The fourth-order valence-electron chi connectivity index (χ4n) is 2.52. The summed E-state index contributed by atoms with van der Waals surface area (Å²) in [4.78, 5) is 18.6. The van der Waals surface area contributed by atoms with E-state index < -0.39 is 0 Å². The van der Waals surface area contributed by atoms with Crippen molar-refractivity contribution in [2.45, 2.75) is 25.8 Å². The first-order valence-corrected chi connectivity index (χ1v) is 7.19. The van der Waals surface area contributed by atoms with Crippen LogP contribution in [0.2, 0.25) is 5.02 Å². The van der Waals surface area contributed by atoms with Gasteiger partial charge >= 0.3 is 0 Å². The van der Waals surface area contributed by atoms with E-state index in [0.717, 1.165) is 19.5 Å². The Labute approximate surface area is 123 Å². The molecule has 1 atom stereocenters. The van der Waals surface area contributed by atoms with Crippen molar-refractivity contribution in [3.8, 4) is 0 Å². The number of carbonyl (C=O) groups excluding carboxylic acids is 1. The van der Waals surface area contributed by atoms with Gasteiger partial charge in [0.05, 0.1) is 5.02 Å². The molecule has 2 rings (SSSR count). The number of hydrazine groups is 1. The SMILES string of the molecule is CCN1CCCC1CNC(=O)c1nc(NN)ccc1Cl. The largest absolute Gasteiger partial charge is 0.349 e. The third kappa shape index (κ3) is 3.39. The highest BCUT2D eigenvalue weighted by Gasteiger charge is 2.24. The summed E-state index contributed by atoms with van der Waals surface area (Å²) in [6.07, 6.45) is 2.29. The second kappa shape index (κ2) is 6.88. The molecule has 1 saturated heterocycles. The molecule has 1 amide bonds. The summed E-state index contributed by atoms with van der Waals surface area (Å²) in [5, 5.41) is 3.22. The average Bonchev–Trinajstić information content (AvgIpc) is 2.92. The molecule has 0 bridgehead atoms. The summed E-state index contributed by atoms with van der Waals surface area (Å²) >= 11 is 6.00. The summed E-state index contributed by atoms with van der Waals surface area (Å²) in [6.45, 7) is 4.86. The van der Waals surface area contributed by atoms with Gasteiger partial charge in [0.25, 0.3) is 5.91 Å². The van der Waals surface area contributed by atoms with Gasteiger partial charge in [-0.3, -0.25) is 9.69 Å². The van der Waals surface area contributed by atoms with Gasteiger partial charge in [-0.05, 0) is 38.1 Å². The summed E-state index contributed by atoms with van der Waals surface area (Å²) in [5.41, 5.74) is 2.60. The Balaban J connectivity index is 1.98. The third-order valence-electron chi connectivity index (χ3n) is 3.61. The van der Waals surface area contributed by atoms with Gasteiger partial charge in [-0.1, -0.05) is 18.5 Å². The number of rotatable bonds is 5. The minimum absolute atomic E-state index is 0.197. The highest BCUT2D eigenvalue weighted by atomic mass is 35.5. The van der Waals surface area contributed by atoms with E-state index in [4.69, 9.17) is 17.4 Å². The lowest BCUT2D eigenvalue weighted by molar-refractivity contribution is 0.0936. The Morgan fingerprint density at radius 2 is 2.40 bits per heavy atom. The van der Waals surface area contributed by atoms with Crippen LogP contribution in [0.1, 0.15) is 30.3 Å². The number of nitrogens with zero attached hydrogens (tertiary/aromatic N) is 2. The predicted octanol–water partition coefficient (Wildman–Crippen LogP) is 1.23. The van der Waals surface area contributed by atoms with Gasteiger partial charge in [0.1, 0.15) is 11.5 Å². The van der Waals surface area contributed by atoms with Crippen LogP contribution in [0.4, 0.5) is 5.82 Å². The van der Waals surface area contributed by atoms with Gasteiger partial charge in [0, 0.05) is 12.6 Å². The number of likely N-dealkylation sites (N-methyl/N-ethyl adjacent to an activating group) is 1. The third-order valence-corrected chi connectivity index (χ3v) is 3.92. The van der Waals surface area contributed by atoms with E-state index in [-0.39, 0.29) is 11.6 Å². The zero-order valence-corrected chi connectivity index (χ0v) is 12.3. The minimum atomic E-state index is -0.268. The Morgan fingerprint density at radius 3 is 3.10 bits per heavy atom. The number of anilines is 1. The molecule has 1 fully saturated rings. The number of carbonyl (C=O) groups is 1. The van der Waals surface area contributed by atoms with Crippen LogP contribution >= 0.6 is 11.6 Å². The van der Waals surface area contributed by atoms with Crippen LogP contribution in [0.15, 0.2) is 12.1 Å². The van der Waals surface area contributed by atoms with Crippen LogP contribution < -0.4 is 16.6 Å². The molecular formula is C13H20ClN5O. The van der Waals surface area contributed by atoms with Crippen LogP contribution in [-0.2, 0) is 0 Å². The monoisotopic (exact) mass is 297 g/mol. The molecule has 1 aliphatic heterocycles. The summed E-state index contributed by atoms with van der Waals surface area (Å²) in [7, 11) is 0. The second-order valence-corrected chi connectivity index (χ2v) is 5.21. The van der Waals surface area contributed by atoms with Crippen LogP contribution in [0, 0.1) is 0 Å². The zero-order valence-electron chi connectivity index (χ0n) is 11.5. The number of nitrogen functional groups attached to an aromatic ring is 1. The maximum atomic E-state index is 12.1. The van der Waals surface area contributed by atoms with Gasteiger partial charge in [-0.15, -0.1) is 0 Å². The van der Waals surface area contributed by atoms with E-state index in [1.807, 2.05) is 0 Å². The fraction of sp³-hybridized carbons (Fsp3) is 0.538. The number of likely N-dealkylation sites (tertiary alicyclic amines) is 1. The maximum Gasteiger partial charge on any atom is 0.271 e. The van der Waals surface area contributed by atoms with Crippen molar-refractivity contribution in [1.82, 2.24) is 15.2 Å². The van der Waals surface area contributed by atoms with Crippen molar-refractivity contribution in [2.75, 3.05) is 25.1 Å². The van der Waals surface area contributed by atoms with Gasteiger partial charge < -0.3 is 10.7 Å². The predicted molar refractivity (Wildman–Crippen MR) is 79.7 cm³/mol. The molecule has 0 radical (unpaired) electrons. The zero-order chi connectivity index (χ0) is 14.5. The number of hydrogen-bond acceptors (Lipinski definition) is 5. The molecule has 0 aromatic carbocycles. The first kappa shape index (κ1) is 15.0. The first-order chi connectivity index (χ1) is 9.65. The standard InChI is InChI=1S/C13H20ClN5O/c1-2-19-7-3-4-9(19)8-16-13(20)12-10(14)5-6-11(17-12)18-15/h5-6,9H,2-4,7-8,15H2,1H3,(H,16,20)(H,17,18). The van der Waals surface area contributed by atoms with Crippen LogP contribution in [-0.4, -0.2) is 41.5 Å². The molecule has 1 unspecified atom stereocenters. The molecule has 1 aliphatic rings. The Bertz CT molecular complexity index is 482. The lowest BCUT2D eigenvalue weighted by Crippen LogP contribution is -2.40. The highest BCUT2D eigenvalue weighted by molar-refractivity contribution is 6.33. The molecular weight excluding hydrogens is 278 g/mol. The fourth-order valence-corrected chi connectivity index (χ4v) is 2.71. The highest BCUT2D eigenvalue weighted by Crippen LogP contribution is 2.18. The number of halogens is 1. The molecule has 0 saturated carbocycles. The van der Waals surface area contributed by atoms with Crippen molar-refractivity contribution in [3.63, 3.8) is 0 Å². The number of nitrogens with two attached hydrogens (primary N) is 1. The molecule has 2 heterocycles. The number of hydrogen-bond donors (Lipinski definition) is 3. The molecule has 1 aromatic rings. The van der Waals surface area contributed by atoms with E-state index in [1.54, 1.807) is 12.1 Å². The van der Waals surface area contributed by atoms with Crippen molar-refractivity contribution < 1.29 is 4.79 Å². The maximum absolute atomic E-state index is 12.1. The normalized spacial score (nSPS) is 19.1. The minimum Gasteiger partial charge on any atom is -0.349 e. The molecule has 1 aromatic heterocycles. The van der Waals surface area contributed by atoms with Crippen molar-refractivity contribution in [2.24, 2.45) is 5.84 Å². The van der Waals surface area contributed by atoms with E-state index >= 15 is 0 Å². The summed E-state index contributed by atoms with van der Waals surface area (Å²) < 4.78 is 0. The van der Waals surface area contributed by atoms with E-state index in [0.29, 0.717) is 23.4 Å². The molecule has 6 nitrogen and oxygen atoms in total. The van der Waals surface area contributed by atoms with Gasteiger partial charge in [0.2, 0.25) is 0 Å². The summed E-state index contributed by atoms with van der Waals surface area (Å²) in [6, 6.07) is 3.63. The lowest BCUT2D eigenvalue weighted by Gasteiger charge is -2.22. The molecule has 7 heteroatoms. The molecule has 0 aliphatic carbocycles. The first-order valence-electron chi connectivity index (χ1n) is 6.81. The summed E-state index contributed by atoms with van der Waals surface area (Å²) in [5.74, 6) is 5.43. The Kier molecular flexibility index (Phi) is 5.17. The van der Waals surface area contributed by atoms with E-state index in [9.17, 15) is 4.79 Å². The van der Waals surface area contributed by atoms with E-state index in [1.165, 1.54) is 6.42 Å². The number of nitrogens with one attached hydrogen (secondary N) is 2. The second-order valence-electron chi connectivity index (χ2n) is 4.81. The molecule has 0 spiro atoms. The van der Waals surface area contributed by atoms with Gasteiger partial charge in [0.15, 0.2) is 0 Å². The molecule has 4 N–H and O–H groups in total. The molecule has 110 valence electrons. The Morgan fingerprint density at radius 1 is 1.60 bits per heavy atom. The smallest absolute Gasteiger partial charge is 0.271 e. The number of amides is 1. The number of aromatic nitrogens is 1. The van der Waals surface area contributed by atoms with Crippen LogP contribution in [0.5, 0.6) is 0 Å².